The van der Waals surface area contributed by atoms with Crippen molar-refractivity contribution >= 4 is 6.08 Å². The summed E-state index contributed by atoms with van der Waals surface area (Å²) in [6.07, 6.45) is 4.92. The normalized spacial score (nSPS) is 10.2. The van der Waals surface area contributed by atoms with Crippen molar-refractivity contribution < 1.29 is 0 Å². The van der Waals surface area contributed by atoms with Gasteiger partial charge in [-0.05, 0) is 19.1 Å². The number of rotatable bonds is 2. The summed E-state index contributed by atoms with van der Waals surface area (Å²) in [5.41, 5.74) is 0.967. The first-order valence-corrected chi connectivity index (χ1v) is 3.46. The van der Waals surface area contributed by atoms with Crippen molar-refractivity contribution in [2.75, 3.05) is 0 Å². The van der Waals surface area contributed by atoms with Crippen LogP contribution in [0.2, 0.25) is 0 Å². The molecule has 0 atom stereocenters. The molecule has 0 aromatic carbocycles. The van der Waals surface area contributed by atoms with E-state index in [1.54, 1.807) is 12.3 Å². The topological polar surface area (TPSA) is 41.6 Å². The zero-order valence-corrected chi connectivity index (χ0v) is 6.36. The summed E-state index contributed by atoms with van der Waals surface area (Å²) in [6, 6.07) is 3.81. The number of aryl methyl sites for hydroxylation is 1. The second-order valence-electron chi connectivity index (χ2n) is 2.03. The predicted molar refractivity (Wildman–Crippen MR) is 42.5 cm³/mol. The van der Waals surface area contributed by atoms with Gasteiger partial charge in [-0.25, -0.2) is 0 Å². The molecule has 1 rings (SSSR count). The molecule has 0 spiro atoms. The van der Waals surface area contributed by atoms with E-state index >= 15 is 0 Å². The third-order valence-electron chi connectivity index (χ3n) is 1.38. The largest absolute Gasteiger partial charge is 0.266 e. The van der Waals surface area contributed by atoms with Gasteiger partial charge in [0, 0.05) is 18.8 Å². The SMILES string of the molecule is CCn1nccc1/C=C/C#N. The summed E-state index contributed by atoms with van der Waals surface area (Å²) in [6.45, 7) is 2.84. The van der Waals surface area contributed by atoms with Crippen LogP contribution in [0.4, 0.5) is 0 Å². The quantitative estimate of drug-likeness (QED) is 0.594. The van der Waals surface area contributed by atoms with Gasteiger partial charge in [-0.1, -0.05) is 0 Å². The first kappa shape index (κ1) is 7.55. The average Bonchev–Trinajstić information content (AvgIpc) is 2.47. The number of allylic oxidation sites excluding steroid dienone is 1. The fourth-order valence-electron chi connectivity index (χ4n) is 0.871. The summed E-state index contributed by atoms with van der Waals surface area (Å²) < 4.78 is 1.83. The van der Waals surface area contributed by atoms with E-state index in [4.69, 9.17) is 5.26 Å². The molecule has 0 aliphatic carbocycles. The van der Waals surface area contributed by atoms with Gasteiger partial charge < -0.3 is 0 Å². The van der Waals surface area contributed by atoms with Crippen molar-refractivity contribution in [1.82, 2.24) is 9.78 Å². The molecule has 0 fully saturated rings. The van der Waals surface area contributed by atoms with Gasteiger partial charge in [0.15, 0.2) is 0 Å². The second kappa shape index (κ2) is 3.57. The van der Waals surface area contributed by atoms with Gasteiger partial charge in [-0.15, -0.1) is 0 Å². The number of nitriles is 1. The van der Waals surface area contributed by atoms with E-state index in [1.807, 2.05) is 23.7 Å². The van der Waals surface area contributed by atoms with Crippen molar-refractivity contribution in [3.63, 3.8) is 0 Å². The van der Waals surface area contributed by atoms with E-state index in [0.29, 0.717) is 0 Å². The van der Waals surface area contributed by atoms with Crippen LogP contribution in [0.25, 0.3) is 6.08 Å². The first-order valence-electron chi connectivity index (χ1n) is 3.46. The van der Waals surface area contributed by atoms with Crippen LogP contribution in [-0.2, 0) is 6.54 Å². The van der Waals surface area contributed by atoms with Gasteiger partial charge in [0.05, 0.1) is 11.8 Å². The molecular weight excluding hydrogens is 138 g/mol. The second-order valence-corrected chi connectivity index (χ2v) is 2.03. The highest BCUT2D eigenvalue weighted by atomic mass is 15.3. The molecule has 0 saturated heterocycles. The van der Waals surface area contributed by atoms with Gasteiger partial charge in [0.2, 0.25) is 0 Å². The molecule has 0 radical (unpaired) electrons. The lowest BCUT2D eigenvalue weighted by Gasteiger charge is -1.96. The molecule has 0 N–H and O–H groups in total. The highest BCUT2D eigenvalue weighted by molar-refractivity contribution is 5.47. The number of nitrogens with zero attached hydrogens (tertiary/aromatic N) is 3. The minimum Gasteiger partial charge on any atom is -0.266 e. The number of aromatic nitrogens is 2. The lowest BCUT2D eigenvalue weighted by Crippen LogP contribution is -1.97. The third-order valence-corrected chi connectivity index (χ3v) is 1.38. The van der Waals surface area contributed by atoms with E-state index in [0.717, 1.165) is 12.2 Å². The van der Waals surface area contributed by atoms with Crippen LogP contribution >= 0.6 is 0 Å². The summed E-state index contributed by atoms with van der Waals surface area (Å²) in [4.78, 5) is 0. The minimum atomic E-state index is 0.831. The first-order chi connectivity index (χ1) is 5.38. The van der Waals surface area contributed by atoms with E-state index in [1.165, 1.54) is 6.08 Å². The molecule has 1 aromatic heterocycles. The van der Waals surface area contributed by atoms with Crippen LogP contribution in [0.15, 0.2) is 18.3 Å². The molecule has 0 aliphatic heterocycles. The van der Waals surface area contributed by atoms with Crippen LogP contribution in [-0.4, -0.2) is 9.78 Å². The number of hydrogen-bond acceptors (Lipinski definition) is 2. The Hall–Kier alpha value is -1.56. The summed E-state index contributed by atoms with van der Waals surface area (Å²) >= 11 is 0. The van der Waals surface area contributed by atoms with E-state index in [-0.39, 0.29) is 0 Å². The fourth-order valence-corrected chi connectivity index (χ4v) is 0.871. The van der Waals surface area contributed by atoms with Crippen LogP contribution in [0.1, 0.15) is 12.6 Å². The lowest BCUT2D eigenvalue weighted by molar-refractivity contribution is 0.654. The minimum absolute atomic E-state index is 0.831. The molecular formula is C8H9N3. The van der Waals surface area contributed by atoms with Crippen LogP contribution in [0, 0.1) is 11.3 Å². The molecule has 11 heavy (non-hydrogen) atoms. The van der Waals surface area contributed by atoms with E-state index < -0.39 is 0 Å². The maximum Gasteiger partial charge on any atom is 0.0912 e. The zero-order chi connectivity index (χ0) is 8.10. The Morgan fingerprint density at radius 2 is 2.64 bits per heavy atom. The third kappa shape index (κ3) is 1.68. The Kier molecular flexibility index (Phi) is 2.45. The Bertz CT molecular complexity index is 291. The fraction of sp³-hybridized carbons (Fsp3) is 0.250. The Labute approximate surface area is 65.6 Å². The molecule has 0 saturated carbocycles. The maximum atomic E-state index is 8.26. The molecule has 1 aromatic rings. The summed E-state index contributed by atoms with van der Waals surface area (Å²) in [7, 11) is 0. The smallest absolute Gasteiger partial charge is 0.0912 e. The number of hydrogen-bond donors (Lipinski definition) is 0. The van der Waals surface area contributed by atoms with Crippen LogP contribution < -0.4 is 0 Å². The molecule has 0 aliphatic rings. The molecule has 0 amide bonds. The summed E-state index contributed by atoms with van der Waals surface area (Å²) in [5.74, 6) is 0. The average molecular weight is 147 g/mol. The van der Waals surface area contributed by atoms with Gasteiger partial charge in [-0.2, -0.15) is 10.4 Å². The molecule has 3 heteroatoms. The highest BCUT2D eigenvalue weighted by Gasteiger charge is 1.93. The molecule has 0 unspecified atom stereocenters. The monoisotopic (exact) mass is 147 g/mol. The molecule has 1 heterocycles. The lowest BCUT2D eigenvalue weighted by atomic mass is 10.4. The van der Waals surface area contributed by atoms with Gasteiger partial charge in [0.25, 0.3) is 0 Å². The van der Waals surface area contributed by atoms with E-state index in [2.05, 4.69) is 5.10 Å². The van der Waals surface area contributed by atoms with Gasteiger partial charge in [-0.3, -0.25) is 4.68 Å². The maximum absolute atomic E-state index is 8.26. The van der Waals surface area contributed by atoms with Crippen molar-refractivity contribution in [2.45, 2.75) is 13.5 Å². The van der Waals surface area contributed by atoms with Crippen LogP contribution in [0.3, 0.4) is 0 Å². The van der Waals surface area contributed by atoms with Gasteiger partial charge >= 0.3 is 0 Å². The van der Waals surface area contributed by atoms with Crippen LogP contribution in [0.5, 0.6) is 0 Å². The predicted octanol–water partition coefficient (Wildman–Crippen LogP) is 1.44. The van der Waals surface area contributed by atoms with Crippen molar-refractivity contribution in [3.05, 3.63) is 24.0 Å². The Morgan fingerprint density at radius 3 is 3.27 bits per heavy atom. The molecule has 3 nitrogen and oxygen atoms in total. The molecule has 0 bridgehead atoms. The summed E-state index contributed by atoms with van der Waals surface area (Å²) in [5, 5.41) is 12.3. The van der Waals surface area contributed by atoms with Crippen molar-refractivity contribution in [1.29, 1.82) is 5.26 Å². The van der Waals surface area contributed by atoms with Crippen molar-refractivity contribution in [3.8, 4) is 6.07 Å². The molecule has 56 valence electrons. The Morgan fingerprint density at radius 1 is 1.82 bits per heavy atom. The van der Waals surface area contributed by atoms with Crippen molar-refractivity contribution in [2.24, 2.45) is 0 Å². The Balaban J connectivity index is 2.86. The highest BCUT2D eigenvalue weighted by Crippen LogP contribution is 2.00. The standard InChI is InChI=1S/C8H9N3/c1-2-11-8(4-3-6-9)5-7-10-11/h3-5,7H,2H2,1H3/b4-3+. The van der Waals surface area contributed by atoms with Gasteiger partial charge in [0.1, 0.15) is 0 Å². The zero-order valence-electron chi connectivity index (χ0n) is 6.36. The van der Waals surface area contributed by atoms with E-state index in [9.17, 15) is 0 Å².